The van der Waals surface area contributed by atoms with Crippen LogP contribution in [0.1, 0.15) is 41.6 Å². The molecule has 0 aromatic heterocycles. The molecule has 1 aliphatic carbocycles. The molecule has 1 saturated carbocycles. The summed E-state index contributed by atoms with van der Waals surface area (Å²) in [5.74, 6) is -0.364. The average Bonchev–Trinajstić information content (AvgIpc) is 3.13. The average molecular weight is 288 g/mol. The van der Waals surface area contributed by atoms with Crippen LogP contribution in [0.25, 0.3) is 0 Å². The third-order valence-corrected chi connectivity index (χ3v) is 4.49. The van der Waals surface area contributed by atoms with Crippen molar-refractivity contribution in [3.05, 3.63) is 29.3 Å². The minimum absolute atomic E-state index is 0.108. The number of nitrogens with one attached hydrogen (secondary N) is 1. The highest BCUT2D eigenvalue weighted by Crippen LogP contribution is 2.29. The first-order valence-corrected chi connectivity index (χ1v) is 7.57. The standard InChI is InChI=1S/C16H20N2O3/c19-15(20)13-6-5-12-7-8-18(14(12)9-13)16(21)17-10-11-3-1-2-4-11/h5-6,9,11H,1-4,7-8,10H2,(H,17,21)(H,19,20). The van der Waals surface area contributed by atoms with E-state index in [2.05, 4.69) is 5.32 Å². The molecule has 2 aliphatic rings. The molecule has 0 bridgehead atoms. The molecule has 1 aromatic rings. The Morgan fingerprint density at radius 3 is 2.76 bits per heavy atom. The summed E-state index contributed by atoms with van der Waals surface area (Å²) in [5.41, 5.74) is 2.00. The molecule has 1 aromatic carbocycles. The van der Waals surface area contributed by atoms with Crippen LogP contribution in [0, 0.1) is 5.92 Å². The number of amides is 2. The molecule has 3 rings (SSSR count). The maximum atomic E-state index is 12.3. The van der Waals surface area contributed by atoms with Crippen molar-refractivity contribution in [2.75, 3.05) is 18.0 Å². The molecule has 0 radical (unpaired) electrons. The highest BCUT2D eigenvalue weighted by atomic mass is 16.4. The molecule has 2 amide bonds. The molecule has 1 aliphatic heterocycles. The highest BCUT2D eigenvalue weighted by molar-refractivity contribution is 5.96. The van der Waals surface area contributed by atoms with Crippen molar-refractivity contribution >= 4 is 17.7 Å². The van der Waals surface area contributed by atoms with Crippen LogP contribution < -0.4 is 10.2 Å². The smallest absolute Gasteiger partial charge is 0.335 e. The second kappa shape index (κ2) is 5.76. The van der Waals surface area contributed by atoms with Gasteiger partial charge in [0.15, 0.2) is 0 Å². The summed E-state index contributed by atoms with van der Waals surface area (Å²) in [6, 6.07) is 4.90. The monoisotopic (exact) mass is 288 g/mol. The number of nitrogens with zero attached hydrogens (tertiary/aromatic N) is 1. The fourth-order valence-electron chi connectivity index (χ4n) is 3.26. The van der Waals surface area contributed by atoms with Crippen LogP contribution in [0.2, 0.25) is 0 Å². The first-order valence-electron chi connectivity index (χ1n) is 7.57. The van der Waals surface area contributed by atoms with Crippen LogP contribution in [-0.4, -0.2) is 30.2 Å². The lowest BCUT2D eigenvalue weighted by molar-refractivity contribution is 0.0697. The number of rotatable bonds is 3. The van der Waals surface area contributed by atoms with Crippen LogP contribution in [0.3, 0.4) is 0 Å². The molecule has 0 atom stereocenters. The third kappa shape index (κ3) is 2.86. The van der Waals surface area contributed by atoms with E-state index in [0.717, 1.165) is 24.2 Å². The summed E-state index contributed by atoms with van der Waals surface area (Å²) in [7, 11) is 0. The van der Waals surface area contributed by atoms with E-state index in [9.17, 15) is 9.59 Å². The van der Waals surface area contributed by atoms with E-state index in [1.54, 1.807) is 17.0 Å². The van der Waals surface area contributed by atoms with Gasteiger partial charge in [-0.1, -0.05) is 18.9 Å². The Kier molecular flexibility index (Phi) is 3.82. The molecule has 0 unspecified atom stereocenters. The number of urea groups is 1. The van der Waals surface area contributed by atoms with Crippen molar-refractivity contribution < 1.29 is 14.7 Å². The van der Waals surface area contributed by atoms with Gasteiger partial charge in [0, 0.05) is 18.8 Å². The number of anilines is 1. The Hall–Kier alpha value is -2.04. The molecule has 21 heavy (non-hydrogen) atoms. The van der Waals surface area contributed by atoms with Crippen molar-refractivity contribution in [2.45, 2.75) is 32.1 Å². The quantitative estimate of drug-likeness (QED) is 0.898. The number of carboxylic acids is 1. The molecule has 1 heterocycles. The summed E-state index contributed by atoms with van der Waals surface area (Å²) in [6.07, 6.45) is 5.69. The van der Waals surface area contributed by atoms with Crippen LogP contribution in [0.15, 0.2) is 18.2 Å². The lowest BCUT2D eigenvalue weighted by atomic mass is 10.1. The minimum Gasteiger partial charge on any atom is -0.478 e. The summed E-state index contributed by atoms with van der Waals surface area (Å²) < 4.78 is 0. The van der Waals surface area contributed by atoms with Crippen molar-refractivity contribution in [3.63, 3.8) is 0 Å². The molecule has 112 valence electrons. The van der Waals surface area contributed by atoms with E-state index < -0.39 is 5.97 Å². The van der Waals surface area contributed by atoms with E-state index in [-0.39, 0.29) is 11.6 Å². The number of carboxylic acid groups (broad SMARTS) is 1. The SMILES string of the molecule is O=C(O)c1ccc2c(c1)N(C(=O)NCC1CCCC1)CC2. The maximum Gasteiger partial charge on any atom is 0.335 e. The largest absolute Gasteiger partial charge is 0.478 e. The van der Waals surface area contributed by atoms with Crippen molar-refractivity contribution in [1.82, 2.24) is 5.32 Å². The van der Waals surface area contributed by atoms with Gasteiger partial charge in [-0.05, 0) is 42.9 Å². The number of benzene rings is 1. The molecule has 0 saturated heterocycles. The van der Waals surface area contributed by atoms with Crippen LogP contribution in [0.5, 0.6) is 0 Å². The van der Waals surface area contributed by atoms with E-state index in [0.29, 0.717) is 12.5 Å². The normalized spacial score (nSPS) is 17.8. The fraction of sp³-hybridized carbons (Fsp3) is 0.500. The second-order valence-electron chi connectivity index (χ2n) is 5.89. The summed E-state index contributed by atoms with van der Waals surface area (Å²) in [5, 5.41) is 12.1. The second-order valence-corrected chi connectivity index (χ2v) is 5.89. The topological polar surface area (TPSA) is 69.6 Å². The van der Waals surface area contributed by atoms with Gasteiger partial charge in [-0.3, -0.25) is 4.90 Å². The zero-order valence-corrected chi connectivity index (χ0v) is 12.0. The lowest BCUT2D eigenvalue weighted by Crippen LogP contribution is -2.40. The number of hydrogen-bond acceptors (Lipinski definition) is 2. The predicted octanol–water partition coefficient (Wildman–Crippen LogP) is 2.65. The van der Waals surface area contributed by atoms with Crippen molar-refractivity contribution in [2.24, 2.45) is 5.92 Å². The van der Waals surface area contributed by atoms with E-state index in [1.165, 1.54) is 25.7 Å². The number of carbonyl (C=O) groups excluding carboxylic acids is 1. The molecular formula is C16H20N2O3. The minimum atomic E-state index is -0.962. The van der Waals surface area contributed by atoms with Crippen molar-refractivity contribution in [1.29, 1.82) is 0 Å². The van der Waals surface area contributed by atoms with Gasteiger partial charge in [0.25, 0.3) is 0 Å². The van der Waals surface area contributed by atoms with Crippen molar-refractivity contribution in [3.8, 4) is 0 Å². The van der Waals surface area contributed by atoms with Gasteiger partial charge < -0.3 is 10.4 Å². The Bertz CT molecular complexity index is 565. The van der Waals surface area contributed by atoms with Crippen LogP contribution in [0.4, 0.5) is 10.5 Å². The first kappa shape index (κ1) is 13.9. The number of fused-ring (bicyclic) bond motifs is 1. The predicted molar refractivity (Wildman–Crippen MR) is 79.8 cm³/mol. The van der Waals surface area contributed by atoms with E-state index in [1.807, 2.05) is 6.07 Å². The molecule has 1 fully saturated rings. The summed E-state index contributed by atoms with van der Waals surface area (Å²) >= 11 is 0. The van der Waals surface area contributed by atoms with Crippen LogP contribution >= 0.6 is 0 Å². The molecule has 0 spiro atoms. The Balaban J connectivity index is 1.68. The lowest BCUT2D eigenvalue weighted by Gasteiger charge is -2.20. The zero-order valence-electron chi connectivity index (χ0n) is 12.0. The van der Waals surface area contributed by atoms with Gasteiger partial charge in [0.05, 0.1) is 5.56 Å². The first-order chi connectivity index (χ1) is 10.1. The number of aromatic carboxylic acids is 1. The number of carbonyl (C=O) groups is 2. The van der Waals surface area contributed by atoms with Gasteiger partial charge in [0.1, 0.15) is 0 Å². The van der Waals surface area contributed by atoms with Crippen LogP contribution in [-0.2, 0) is 6.42 Å². The third-order valence-electron chi connectivity index (χ3n) is 4.49. The molecule has 5 heteroatoms. The van der Waals surface area contributed by atoms with E-state index >= 15 is 0 Å². The number of hydrogen-bond donors (Lipinski definition) is 2. The molecular weight excluding hydrogens is 268 g/mol. The fourth-order valence-corrected chi connectivity index (χ4v) is 3.26. The molecule has 5 nitrogen and oxygen atoms in total. The van der Waals surface area contributed by atoms with E-state index in [4.69, 9.17) is 5.11 Å². The summed E-state index contributed by atoms with van der Waals surface area (Å²) in [4.78, 5) is 25.0. The zero-order chi connectivity index (χ0) is 14.8. The van der Waals surface area contributed by atoms with Gasteiger partial charge >= 0.3 is 12.0 Å². The Labute approximate surface area is 123 Å². The van der Waals surface area contributed by atoms with Gasteiger partial charge in [-0.2, -0.15) is 0 Å². The molecule has 2 N–H and O–H groups in total. The summed E-state index contributed by atoms with van der Waals surface area (Å²) in [6.45, 7) is 1.35. The Morgan fingerprint density at radius 2 is 2.05 bits per heavy atom. The van der Waals surface area contributed by atoms with Gasteiger partial charge in [-0.25, -0.2) is 9.59 Å². The maximum absolute atomic E-state index is 12.3. The van der Waals surface area contributed by atoms with Gasteiger partial charge in [0.2, 0.25) is 0 Å². The highest BCUT2D eigenvalue weighted by Gasteiger charge is 2.26. The van der Waals surface area contributed by atoms with Gasteiger partial charge in [-0.15, -0.1) is 0 Å². The Morgan fingerprint density at radius 1 is 1.29 bits per heavy atom.